The van der Waals surface area contributed by atoms with E-state index >= 15 is 0 Å². The lowest BCUT2D eigenvalue weighted by atomic mass is 10.2. The van der Waals surface area contributed by atoms with E-state index in [0.29, 0.717) is 4.47 Å². The van der Waals surface area contributed by atoms with Crippen LogP contribution in [0.1, 0.15) is 25.0 Å². The van der Waals surface area contributed by atoms with Gasteiger partial charge in [0.1, 0.15) is 18.0 Å². The van der Waals surface area contributed by atoms with Gasteiger partial charge in [-0.25, -0.2) is 13.6 Å². The lowest BCUT2D eigenvalue weighted by molar-refractivity contribution is -0.147. The Labute approximate surface area is 161 Å². The van der Waals surface area contributed by atoms with E-state index in [1.807, 2.05) is 18.2 Å². The van der Waals surface area contributed by atoms with Gasteiger partial charge in [-0.2, -0.15) is 0 Å². The standard InChI is InChI=1S/C18H16BrF2NO3S/c1-18(2,17(23)25-11-12-6-4-3-5-7-12)26(24)22-10-13-8-14(19)9-15(20)16(13)21/h3-10H,11H2,1-2H3. The Balaban J connectivity index is 2.06. The van der Waals surface area contributed by atoms with Crippen LogP contribution < -0.4 is 0 Å². The molecule has 2 aromatic carbocycles. The van der Waals surface area contributed by atoms with Crippen molar-refractivity contribution in [3.8, 4) is 0 Å². The largest absolute Gasteiger partial charge is 0.590 e. The fraction of sp³-hybridized carbons (Fsp3) is 0.222. The van der Waals surface area contributed by atoms with E-state index in [-0.39, 0.29) is 12.2 Å². The molecule has 0 aliphatic carbocycles. The number of benzene rings is 2. The second-order valence-electron chi connectivity index (χ2n) is 5.85. The Hall–Kier alpha value is -1.77. The summed E-state index contributed by atoms with van der Waals surface area (Å²) in [6, 6.07) is 11.3. The van der Waals surface area contributed by atoms with Gasteiger partial charge in [0.15, 0.2) is 11.6 Å². The van der Waals surface area contributed by atoms with Gasteiger partial charge < -0.3 is 9.29 Å². The zero-order valence-corrected chi connectivity index (χ0v) is 16.4. The Morgan fingerprint density at radius 1 is 1.31 bits per heavy atom. The van der Waals surface area contributed by atoms with Gasteiger partial charge in [-0.1, -0.05) is 50.7 Å². The molecule has 26 heavy (non-hydrogen) atoms. The van der Waals surface area contributed by atoms with Gasteiger partial charge >= 0.3 is 5.97 Å². The molecule has 2 rings (SSSR count). The average Bonchev–Trinajstić information content (AvgIpc) is 2.61. The molecule has 0 N–H and O–H groups in total. The lowest BCUT2D eigenvalue weighted by Crippen LogP contribution is -2.40. The van der Waals surface area contributed by atoms with E-state index in [1.165, 1.54) is 19.9 Å². The molecule has 0 heterocycles. The molecule has 1 unspecified atom stereocenters. The maximum atomic E-state index is 13.7. The Bertz CT molecular complexity index is 816. The summed E-state index contributed by atoms with van der Waals surface area (Å²) < 4.78 is 47.2. The third-order valence-corrected chi connectivity index (χ3v) is 5.24. The molecule has 8 heteroatoms. The van der Waals surface area contributed by atoms with Crippen LogP contribution in [-0.4, -0.2) is 21.5 Å². The van der Waals surface area contributed by atoms with E-state index in [2.05, 4.69) is 20.3 Å². The van der Waals surface area contributed by atoms with Crippen LogP contribution in [0.2, 0.25) is 0 Å². The minimum atomic E-state index is -2.05. The molecular weight excluding hydrogens is 428 g/mol. The van der Waals surface area contributed by atoms with Gasteiger partial charge in [-0.15, -0.1) is 0 Å². The number of hydrogen-bond donors (Lipinski definition) is 0. The highest BCUT2D eigenvalue weighted by molar-refractivity contribution is 9.10. The number of rotatable bonds is 6. The van der Waals surface area contributed by atoms with Crippen molar-refractivity contribution in [2.75, 3.05) is 0 Å². The highest BCUT2D eigenvalue weighted by Gasteiger charge is 2.43. The van der Waals surface area contributed by atoms with Crippen LogP contribution in [-0.2, 0) is 27.5 Å². The van der Waals surface area contributed by atoms with Crippen LogP contribution >= 0.6 is 15.9 Å². The van der Waals surface area contributed by atoms with Gasteiger partial charge in [0, 0.05) is 10.0 Å². The third-order valence-electron chi connectivity index (χ3n) is 3.45. The number of carbonyl (C=O) groups excluding carboxylic acids is 1. The molecule has 0 fully saturated rings. The van der Waals surface area contributed by atoms with Crippen molar-refractivity contribution in [3.05, 3.63) is 69.7 Å². The summed E-state index contributed by atoms with van der Waals surface area (Å²) in [6.07, 6.45) is 0.936. The molecular formula is C18H16BrF2NO3S. The summed E-state index contributed by atoms with van der Waals surface area (Å²) in [5.41, 5.74) is 0.608. The first-order valence-corrected chi connectivity index (χ1v) is 9.43. The second-order valence-corrected chi connectivity index (χ2v) is 8.49. The van der Waals surface area contributed by atoms with Gasteiger partial charge in [0.05, 0.1) is 6.21 Å². The third kappa shape index (κ3) is 5.12. The zero-order valence-electron chi connectivity index (χ0n) is 14.0. The number of esters is 1. The normalized spacial score (nSPS) is 13.0. The van der Waals surface area contributed by atoms with Crippen LogP contribution in [0.25, 0.3) is 0 Å². The summed E-state index contributed by atoms with van der Waals surface area (Å²) in [6.45, 7) is 2.85. The number of halogens is 3. The van der Waals surface area contributed by atoms with Crippen LogP contribution in [0.5, 0.6) is 0 Å². The molecule has 0 amide bonds. The van der Waals surface area contributed by atoms with Crippen molar-refractivity contribution in [1.29, 1.82) is 0 Å². The van der Waals surface area contributed by atoms with Gasteiger partial charge in [-0.05, 0) is 31.5 Å². The van der Waals surface area contributed by atoms with E-state index < -0.39 is 33.7 Å². The number of carbonyl (C=O) groups is 1. The first kappa shape index (κ1) is 20.5. The van der Waals surface area contributed by atoms with Gasteiger partial charge in [0.2, 0.25) is 4.75 Å². The van der Waals surface area contributed by atoms with Crippen LogP contribution in [0.4, 0.5) is 8.78 Å². The fourth-order valence-corrected chi connectivity index (χ4v) is 3.00. The Kier molecular flexibility index (Phi) is 6.91. The topological polar surface area (TPSA) is 61.7 Å². The van der Waals surface area contributed by atoms with E-state index in [1.54, 1.807) is 12.1 Å². The van der Waals surface area contributed by atoms with Gasteiger partial charge in [0.25, 0.3) is 0 Å². The highest BCUT2D eigenvalue weighted by Crippen LogP contribution is 2.23. The van der Waals surface area contributed by atoms with Gasteiger partial charge in [-0.3, -0.25) is 0 Å². The maximum Gasteiger partial charge on any atom is 0.365 e. The first-order chi connectivity index (χ1) is 12.2. The van der Waals surface area contributed by atoms with Crippen molar-refractivity contribution >= 4 is 39.5 Å². The predicted octanol–water partition coefficient (Wildman–Crippen LogP) is 4.33. The van der Waals surface area contributed by atoms with Crippen LogP contribution in [0.15, 0.2) is 51.3 Å². The summed E-state index contributed by atoms with van der Waals surface area (Å²) in [7, 11) is 0. The molecule has 4 nitrogen and oxygen atoms in total. The summed E-state index contributed by atoms with van der Waals surface area (Å²) in [5, 5.41) is 0. The summed E-state index contributed by atoms with van der Waals surface area (Å²) >= 11 is 0.991. The quantitative estimate of drug-likeness (QED) is 0.288. The first-order valence-electron chi connectivity index (χ1n) is 7.53. The summed E-state index contributed by atoms with van der Waals surface area (Å²) in [5.74, 6) is -2.88. The maximum absolute atomic E-state index is 13.7. The highest BCUT2D eigenvalue weighted by atomic mass is 79.9. The van der Waals surface area contributed by atoms with E-state index in [4.69, 9.17) is 4.74 Å². The van der Waals surface area contributed by atoms with E-state index in [0.717, 1.165) is 17.8 Å². The zero-order chi connectivity index (χ0) is 19.3. The monoisotopic (exact) mass is 443 g/mol. The van der Waals surface area contributed by atoms with Crippen molar-refractivity contribution in [3.63, 3.8) is 0 Å². The Morgan fingerprint density at radius 2 is 1.96 bits per heavy atom. The van der Waals surface area contributed by atoms with Crippen molar-refractivity contribution in [2.45, 2.75) is 25.2 Å². The lowest BCUT2D eigenvalue weighted by Gasteiger charge is -2.21. The molecule has 0 saturated heterocycles. The predicted molar refractivity (Wildman–Crippen MR) is 100 cm³/mol. The van der Waals surface area contributed by atoms with Crippen LogP contribution in [0.3, 0.4) is 0 Å². The van der Waals surface area contributed by atoms with Crippen LogP contribution in [0, 0.1) is 11.6 Å². The fourth-order valence-electron chi connectivity index (χ4n) is 1.87. The minimum Gasteiger partial charge on any atom is -0.590 e. The van der Waals surface area contributed by atoms with E-state index in [9.17, 15) is 18.1 Å². The SMILES string of the molecule is CC(C)(C(=O)OCc1ccccc1)[S+]([O-])N=Cc1cc(Br)cc(F)c1F. The Morgan fingerprint density at radius 3 is 2.62 bits per heavy atom. The number of ether oxygens (including phenoxy) is 1. The minimum absolute atomic E-state index is 0.0372. The molecule has 0 saturated carbocycles. The van der Waals surface area contributed by atoms with Crippen molar-refractivity contribution in [1.82, 2.24) is 0 Å². The molecule has 0 radical (unpaired) electrons. The molecule has 0 aromatic heterocycles. The summed E-state index contributed by atoms with van der Waals surface area (Å²) in [4.78, 5) is 12.2. The number of nitrogens with zero attached hydrogens (tertiary/aromatic N) is 1. The average molecular weight is 444 g/mol. The smallest absolute Gasteiger partial charge is 0.365 e. The molecule has 0 spiro atoms. The molecule has 0 aliphatic rings. The van der Waals surface area contributed by atoms with Crippen molar-refractivity contribution in [2.24, 2.45) is 4.40 Å². The number of hydrogen-bond acceptors (Lipinski definition) is 4. The molecule has 1 atom stereocenters. The molecule has 0 bridgehead atoms. The molecule has 2 aromatic rings. The molecule has 0 aliphatic heterocycles. The van der Waals surface area contributed by atoms with Crippen molar-refractivity contribution < 1.29 is 22.9 Å². The molecule has 138 valence electrons. The second kappa shape index (κ2) is 8.75.